The van der Waals surface area contributed by atoms with E-state index in [-0.39, 0.29) is 38.8 Å². The average molecular weight is 647 g/mol. The number of nitriles is 2. The summed E-state index contributed by atoms with van der Waals surface area (Å²) in [6.07, 6.45) is 8.30. The molecule has 3 aliphatic rings. The van der Waals surface area contributed by atoms with Gasteiger partial charge < -0.3 is 0 Å². The summed E-state index contributed by atoms with van der Waals surface area (Å²) in [7, 11) is 0. The second-order valence-corrected chi connectivity index (χ2v) is 18.6. The zero-order chi connectivity index (χ0) is 34.3. The fourth-order valence-electron chi connectivity index (χ4n) is 6.00. The van der Waals surface area contributed by atoms with Gasteiger partial charge in [-0.1, -0.05) is 83.1 Å². The van der Waals surface area contributed by atoms with Gasteiger partial charge in [0.05, 0.1) is 4.53 Å². The summed E-state index contributed by atoms with van der Waals surface area (Å²) in [5.74, 6) is 0.195. The molecule has 0 saturated heterocycles. The summed E-state index contributed by atoms with van der Waals surface area (Å²) in [6, 6.07) is 8.10. The molecule has 46 heavy (non-hydrogen) atoms. The van der Waals surface area contributed by atoms with Crippen LogP contribution in [0.25, 0.3) is 20.5 Å². The number of thiophene rings is 2. The van der Waals surface area contributed by atoms with E-state index in [1.807, 2.05) is 18.2 Å². The van der Waals surface area contributed by atoms with E-state index in [2.05, 4.69) is 113 Å². The fraction of sp³-hybridized carbons (Fsp3) is 0.400. The Labute approximate surface area is 280 Å². The Balaban J connectivity index is 1.94. The minimum absolute atomic E-state index is 0.0973. The maximum absolute atomic E-state index is 13.8. The van der Waals surface area contributed by atoms with Crippen LogP contribution >= 0.6 is 22.7 Å². The van der Waals surface area contributed by atoms with Gasteiger partial charge in [0.2, 0.25) is 0 Å². The molecule has 6 heteroatoms. The number of carbonyl (C=O) groups is 2. The third kappa shape index (κ3) is 5.90. The second kappa shape index (κ2) is 10.9. The Bertz CT molecular complexity index is 1940. The van der Waals surface area contributed by atoms with Crippen LogP contribution in [0.4, 0.5) is 0 Å². The minimum atomic E-state index is -0.344. The highest BCUT2D eigenvalue weighted by Crippen LogP contribution is 2.55. The van der Waals surface area contributed by atoms with Gasteiger partial charge in [0.1, 0.15) is 17.7 Å². The number of allylic oxidation sites excluding steroid dienone is 12. The zero-order valence-electron chi connectivity index (χ0n) is 29.0. The molecule has 3 aliphatic carbocycles. The summed E-state index contributed by atoms with van der Waals surface area (Å²) >= 11 is 3.10. The van der Waals surface area contributed by atoms with Gasteiger partial charge in [-0.25, -0.2) is 0 Å². The Hall–Kier alpha value is -3.84. The first-order chi connectivity index (χ1) is 21.1. The molecule has 0 unspecified atom stereocenters. The Morgan fingerprint density at radius 1 is 0.543 bits per heavy atom. The van der Waals surface area contributed by atoms with Gasteiger partial charge in [-0.15, -0.1) is 22.7 Å². The fourth-order valence-corrected chi connectivity index (χ4v) is 8.40. The van der Waals surface area contributed by atoms with Crippen molar-refractivity contribution >= 4 is 54.8 Å². The summed E-state index contributed by atoms with van der Waals surface area (Å²) in [5, 5.41) is 18.8. The van der Waals surface area contributed by atoms with E-state index < -0.39 is 0 Å². The lowest BCUT2D eigenvalue weighted by Crippen LogP contribution is -2.28. The maximum Gasteiger partial charge on any atom is 0.186 e. The van der Waals surface area contributed by atoms with E-state index in [0.717, 1.165) is 64.1 Å². The smallest absolute Gasteiger partial charge is 0.186 e. The van der Waals surface area contributed by atoms with E-state index in [1.165, 1.54) is 11.3 Å². The van der Waals surface area contributed by atoms with E-state index in [0.29, 0.717) is 4.53 Å². The molecule has 4 nitrogen and oxygen atoms in total. The van der Waals surface area contributed by atoms with E-state index in [1.54, 1.807) is 11.3 Å². The van der Waals surface area contributed by atoms with Crippen molar-refractivity contribution in [2.45, 2.75) is 83.1 Å². The third-order valence-electron chi connectivity index (χ3n) is 8.60. The summed E-state index contributed by atoms with van der Waals surface area (Å²) in [4.78, 5) is 27.7. The molecular weight excluding hydrogens is 605 g/mol. The van der Waals surface area contributed by atoms with Crippen LogP contribution in [0.3, 0.4) is 0 Å². The summed E-state index contributed by atoms with van der Waals surface area (Å²) in [5.41, 5.74) is 7.28. The molecule has 5 rings (SSSR count). The molecule has 1 saturated carbocycles. The van der Waals surface area contributed by atoms with E-state index >= 15 is 0 Å². The van der Waals surface area contributed by atoms with Gasteiger partial charge in [0, 0.05) is 41.8 Å². The van der Waals surface area contributed by atoms with Crippen LogP contribution < -0.4 is 9.06 Å². The monoisotopic (exact) mass is 646 g/mol. The second-order valence-electron chi connectivity index (χ2n) is 16.5. The molecule has 0 radical (unpaired) electrons. The largest absolute Gasteiger partial charge is 0.289 e. The lowest BCUT2D eigenvalue weighted by atomic mass is 9.71. The van der Waals surface area contributed by atoms with Gasteiger partial charge >= 0.3 is 0 Å². The van der Waals surface area contributed by atoms with Crippen molar-refractivity contribution in [3.05, 3.63) is 90.1 Å². The Kier molecular flexibility index (Phi) is 7.92. The first-order valence-corrected chi connectivity index (χ1v) is 17.3. The Morgan fingerprint density at radius 3 is 1.20 bits per heavy atom. The number of fused-ring (bicyclic) bond motifs is 1. The highest BCUT2D eigenvalue weighted by Gasteiger charge is 2.42. The van der Waals surface area contributed by atoms with Gasteiger partial charge in [0.15, 0.2) is 11.6 Å². The van der Waals surface area contributed by atoms with Crippen LogP contribution in [0.2, 0.25) is 0 Å². The number of ketones is 2. The van der Waals surface area contributed by atoms with Gasteiger partial charge in [-0.05, 0) is 80.4 Å². The highest BCUT2D eigenvalue weighted by atomic mass is 32.1. The van der Waals surface area contributed by atoms with Crippen molar-refractivity contribution in [3.63, 3.8) is 0 Å². The zero-order valence-corrected chi connectivity index (χ0v) is 30.6. The van der Waals surface area contributed by atoms with Crippen molar-refractivity contribution < 1.29 is 9.59 Å². The highest BCUT2D eigenvalue weighted by molar-refractivity contribution is 7.26. The molecule has 0 bridgehead atoms. The number of rotatable bonds is 0. The number of Topliss-reactive ketones (excluding diaryl/α,β-unsaturated/α-hetero) is 2. The molecule has 2 heterocycles. The Morgan fingerprint density at radius 2 is 0.891 bits per heavy atom. The third-order valence-corrected chi connectivity index (χ3v) is 10.9. The van der Waals surface area contributed by atoms with Crippen LogP contribution in [0.1, 0.15) is 83.1 Å². The predicted molar refractivity (Wildman–Crippen MR) is 191 cm³/mol. The van der Waals surface area contributed by atoms with Crippen LogP contribution in [-0.2, 0) is 9.59 Å². The molecule has 0 spiro atoms. The molecule has 2 aromatic heterocycles. The molecule has 0 amide bonds. The SMILES string of the molecule is CC(C)(C)C1=CC(=C2C(=C3C=C(C(C)(C)C)C(=O)C(C(C)(C)C)=C3)C2=c2cc3sc(=C(C#N)C#N)cc3s2)C=C(C(C)(C)C)C1=O. The van der Waals surface area contributed by atoms with Crippen LogP contribution in [-0.4, -0.2) is 11.6 Å². The lowest BCUT2D eigenvalue weighted by Gasteiger charge is -2.31. The average Bonchev–Trinajstić information content (AvgIpc) is 3.33. The first-order valence-electron chi connectivity index (χ1n) is 15.6. The van der Waals surface area contributed by atoms with Crippen LogP contribution in [0.5, 0.6) is 0 Å². The molecule has 0 aliphatic heterocycles. The van der Waals surface area contributed by atoms with Gasteiger partial charge in [-0.3, -0.25) is 9.59 Å². The summed E-state index contributed by atoms with van der Waals surface area (Å²) in [6.45, 7) is 25.0. The number of hydrogen-bond donors (Lipinski definition) is 0. The quantitative estimate of drug-likeness (QED) is 0.286. The maximum atomic E-state index is 13.8. The van der Waals surface area contributed by atoms with Crippen molar-refractivity contribution in [2.24, 2.45) is 21.7 Å². The molecule has 0 aromatic carbocycles. The molecule has 0 atom stereocenters. The standard InChI is InChI=1S/C40H42N2O2S2/c1-37(2,3)24-13-21(14-25(35(24)43)38(4,5)6)32-33(22-15-26(39(7,8)9)36(44)27(16-22)40(10,11)12)34(32)31-18-30-29(46-31)17-28(45-30)23(19-41)20-42/h13-18H,1-12H3. The van der Waals surface area contributed by atoms with Gasteiger partial charge in [0.25, 0.3) is 0 Å². The van der Waals surface area contributed by atoms with E-state index in [4.69, 9.17) is 0 Å². The first kappa shape index (κ1) is 33.5. The van der Waals surface area contributed by atoms with Crippen molar-refractivity contribution in [2.75, 3.05) is 0 Å². The van der Waals surface area contributed by atoms with Crippen molar-refractivity contribution in [3.8, 4) is 12.1 Å². The number of nitrogens with zero attached hydrogens (tertiary/aromatic N) is 2. The van der Waals surface area contributed by atoms with E-state index in [9.17, 15) is 20.1 Å². The molecule has 0 N–H and O–H groups in total. The molecule has 2 aromatic rings. The van der Waals surface area contributed by atoms with Crippen LogP contribution in [0.15, 0.2) is 81.0 Å². The molecule has 1 fully saturated rings. The molecular formula is C40H42N2O2S2. The van der Waals surface area contributed by atoms with Crippen molar-refractivity contribution in [1.82, 2.24) is 0 Å². The normalized spacial score (nSPS) is 17.9. The van der Waals surface area contributed by atoms with Gasteiger partial charge in [-0.2, -0.15) is 10.5 Å². The predicted octanol–water partition coefficient (Wildman–Crippen LogP) is 8.97. The number of hydrogen-bond acceptors (Lipinski definition) is 6. The lowest BCUT2D eigenvalue weighted by molar-refractivity contribution is -0.114. The molecule has 236 valence electrons. The number of carbonyl (C=O) groups excluding carboxylic acids is 2. The topological polar surface area (TPSA) is 81.7 Å². The van der Waals surface area contributed by atoms with Crippen LogP contribution in [0, 0.1) is 44.3 Å². The van der Waals surface area contributed by atoms with Crippen molar-refractivity contribution in [1.29, 1.82) is 10.5 Å². The minimum Gasteiger partial charge on any atom is -0.289 e. The summed E-state index contributed by atoms with van der Waals surface area (Å²) < 4.78 is 3.82.